The van der Waals surface area contributed by atoms with E-state index in [1.807, 2.05) is 35.2 Å². The van der Waals surface area contributed by atoms with Gasteiger partial charge in [-0.25, -0.2) is 0 Å². The quantitative estimate of drug-likeness (QED) is 0.533. The lowest BCUT2D eigenvalue weighted by atomic mass is 9.92. The van der Waals surface area contributed by atoms with E-state index in [0.717, 1.165) is 31.4 Å². The third kappa shape index (κ3) is 5.13. The molecule has 4 nitrogen and oxygen atoms in total. The van der Waals surface area contributed by atoms with Crippen molar-refractivity contribution in [1.29, 1.82) is 0 Å². The average Bonchev–Trinajstić information content (AvgIpc) is 2.71. The van der Waals surface area contributed by atoms with Gasteiger partial charge in [-0.1, -0.05) is 49.1 Å². The molecule has 28 heavy (non-hydrogen) atoms. The number of rotatable bonds is 6. The number of nitrogens with zero attached hydrogens (tertiary/aromatic N) is 1. The third-order valence-electron chi connectivity index (χ3n) is 5.14. The van der Waals surface area contributed by atoms with E-state index < -0.39 is 6.04 Å². The Balaban J connectivity index is 0.00000280. The molecule has 0 radical (unpaired) electrons. The number of carbonyl (C=O) groups is 2. The minimum absolute atomic E-state index is 0. The minimum Gasteiger partial charge on any atom is -0.308 e. The summed E-state index contributed by atoms with van der Waals surface area (Å²) in [6.45, 7) is 0. The lowest BCUT2D eigenvalue weighted by Crippen LogP contribution is -2.53. The van der Waals surface area contributed by atoms with E-state index in [2.05, 4.69) is 5.32 Å². The van der Waals surface area contributed by atoms with Crippen LogP contribution in [0.5, 0.6) is 0 Å². The van der Waals surface area contributed by atoms with Crippen LogP contribution in [0.2, 0.25) is 5.02 Å². The first-order valence-corrected chi connectivity index (χ1v) is 9.85. The summed E-state index contributed by atoms with van der Waals surface area (Å²) in [5.74, 6) is -0.438. The van der Waals surface area contributed by atoms with Crippen LogP contribution < -0.4 is 10.2 Å². The maximum atomic E-state index is 13.5. The van der Waals surface area contributed by atoms with Crippen molar-refractivity contribution in [2.24, 2.45) is 0 Å². The summed E-state index contributed by atoms with van der Waals surface area (Å²) in [6.07, 6.45) is 5.35. The van der Waals surface area contributed by atoms with Gasteiger partial charge >= 0.3 is 0 Å². The molecule has 1 fully saturated rings. The zero-order valence-corrected chi connectivity index (χ0v) is 17.5. The lowest BCUT2D eigenvalue weighted by Gasteiger charge is -2.36. The van der Waals surface area contributed by atoms with Crippen LogP contribution in [0, 0.1) is 0 Å². The molecule has 1 atom stereocenters. The van der Waals surface area contributed by atoms with Crippen molar-refractivity contribution in [1.82, 2.24) is 5.32 Å². The molecule has 0 aromatic heterocycles. The monoisotopic (exact) mass is 420 g/mol. The fourth-order valence-corrected chi connectivity index (χ4v) is 3.86. The molecular formula is C22H26Cl2N2O2. The maximum absolute atomic E-state index is 13.5. The van der Waals surface area contributed by atoms with E-state index in [4.69, 9.17) is 11.6 Å². The number of carbonyl (C=O) groups excluding carboxylic acids is 2. The molecule has 1 aliphatic rings. The van der Waals surface area contributed by atoms with Crippen LogP contribution in [-0.2, 0) is 4.79 Å². The van der Waals surface area contributed by atoms with Crippen molar-refractivity contribution < 1.29 is 9.59 Å². The van der Waals surface area contributed by atoms with Gasteiger partial charge in [0.05, 0.1) is 0 Å². The normalized spacial score (nSPS) is 15.4. The van der Waals surface area contributed by atoms with Crippen LogP contribution in [0.1, 0.15) is 42.5 Å². The fraction of sp³-hybridized carbons (Fsp3) is 0.364. The molecule has 2 aromatic carbocycles. The van der Waals surface area contributed by atoms with Crippen LogP contribution in [0.3, 0.4) is 0 Å². The Labute approximate surface area is 177 Å². The van der Waals surface area contributed by atoms with E-state index in [-0.39, 0.29) is 30.1 Å². The Hall–Kier alpha value is -1.88. The zero-order chi connectivity index (χ0) is 19.2. The number of nitrogens with one attached hydrogen (secondary N) is 1. The molecule has 0 spiro atoms. The summed E-state index contributed by atoms with van der Waals surface area (Å²) in [7, 11) is 1.65. The molecule has 1 unspecified atom stereocenters. The smallest absolute Gasteiger partial charge is 0.252 e. The first kappa shape index (κ1) is 22.4. The van der Waals surface area contributed by atoms with E-state index >= 15 is 0 Å². The van der Waals surface area contributed by atoms with Gasteiger partial charge in [-0.2, -0.15) is 0 Å². The van der Waals surface area contributed by atoms with Crippen molar-refractivity contribution >= 4 is 41.4 Å². The molecule has 2 aromatic rings. The van der Waals surface area contributed by atoms with E-state index in [1.165, 1.54) is 6.42 Å². The Morgan fingerprint density at radius 3 is 2.18 bits per heavy atom. The van der Waals surface area contributed by atoms with Crippen LogP contribution >= 0.6 is 24.0 Å². The standard InChI is InChI=1S/C22H25ClN2O2.ClH/c1-24-20(21(26)16-12-14-17(23)15-13-16)22(27)25(18-8-4-2-5-9-18)19-10-6-3-7-11-19;/h2,4-5,8-9,12-15,19-20,24H,3,6-7,10-11H2,1H3;1H. The van der Waals surface area contributed by atoms with Crippen molar-refractivity contribution in [3.63, 3.8) is 0 Å². The number of ketones is 1. The van der Waals surface area contributed by atoms with Gasteiger partial charge in [0, 0.05) is 22.3 Å². The molecule has 1 saturated carbocycles. The fourth-order valence-electron chi connectivity index (χ4n) is 3.73. The summed E-state index contributed by atoms with van der Waals surface area (Å²) in [4.78, 5) is 28.3. The minimum atomic E-state index is -0.923. The number of para-hydroxylation sites is 1. The molecule has 0 saturated heterocycles. The highest BCUT2D eigenvalue weighted by Crippen LogP contribution is 2.28. The van der Waals surface area contributed by atoms with Crippen molar-refractivity contribution in [2.75, 3.05) is 11.9 Å². The Kier molecular flexibility index (Phi) is 8.49. The van der Waals surface area contributed by atoms with Gasteiger partial charge in [-0.05, 0) is 56.3 Å². The van der Waals surface area contributed by atoms with Crippen LogP contribution in [-0.4, -0.2) is 30.8 Å². The van der Waals surface area contributed by atoms with Gasteiger partial charge in [-0.15, -0.1) is 12.4 Å². The summed E-state index contributed by atoms with van der Waals surface area (Å²) >= 11 is 5.92. The number of amides is 1. The zero-order valence-electron chi connectivity index (χ0n) is 15.9. The van der Waals surface area contributed by atoms with Gasteiger partial charge in [0.25, 0.3) is 5.91 Å². The molecule has 1 N–H and O–H groups in total. The number of hydrogen-bond donors (Lipinski definition) is 1. The molecule has 0 aliphatic heterocycles. The number of likely N-dealkylation sites (N-methyl/N-ethyl adjacent to an activating group) is 1. The molecule has 6 heteroatoms. The van der Waals surface area contributed by atoms with E-state index in [1.54, 1.807) is 31.3 Å². The van der Waals surface area contributed by atoms with Gasteiger partial charge in [-0.3, -0.25) is 9.59 Å². The van der Waals surface area contributed by atoms with Crippen LogP contribution in [0.25, 0.3) is 0 Å². The summed E-state index contributed by atoms with van der Waals surface area (Å²) in [6, 6.07) is 15.5. The summed E-state index contributed by atoms with van der Waals surface area (Å²) in [5, 5.41) is 3.49. The highest BCUT2D eigenvalue weighted by molar-refractivity contribution is 6.30. The molecule has 150 valence electrons. The second kappa shape index (κ2) is 10.6. The number of Topliss-reactive ketones (excluding diaryl/α,β-unsaturated/α-hetero) is 1. The van der Waals surface area contributed by atoms with E-state index in [9.17, 15) is 9.59 Å². The van der Waals surface area contributed by atoms with Gasteiger partial charge in [0.15, 0.2) is 11.8 Å². The first-order valence-electron chi connectivity index (χ1n) is 9.47. The Bertz CT molecular complexity index is 775. The number of halogens is 2. The second-order valence-electron chi connectivity index (χ2n) is 6.93. The van der Waals surface area contributed by atoms with Crippen LogP contribution in [0.4, 0.5) is 5.69 Å². The highest BCUT2D eigenvalue weighted by Gasteiger charge is 2.35. The predicted molar refractivity (Wildman–Crippen MR) is 117 cm³/mol. The summed E-state index contributed by atoms with van der Waals surface area (Å²) < 4.78 is 0. The molecule has 3 rings (SSSR count). The molecular weight excluding hydrogens is 395 g/mol. The SMILES string of the molecule is CNC(C(=O)c1ccc(Cl)cc1)C(=O)N(c1ccccc1)C1CCCCC1.Cl. The molecule has 0 bridgehead atoms. The largest absolute Gasteiger partial charge is 0.308 e. The maximum Gasteiger partial charge on any atom is 0.252 e. The van der Waals surface area contributed by atoms with Gasteiger partial charge in [0.2, 0.25) is 0 Å². The summed E-state index contributed by atoms with van der Waals surface area (Å²) in [5.41, 5.74) is 1.32. The number of anilines is 1. The van der Waals surface area contributed by atoms with Crippen molar-refractivity contribution in [2.45, 2.75) is 44.2 Å². The first-order chi connectivity index (χ1) is 13.1. The van der Waals surface area contributed by atoms with Crippen molar-refractivity contribution in [3.8, 4) is 0 Å². The van der Waals surface area contributed by atoms with Crippen molar-refractivity contribution in [3.05, 3.63) is 65.2 Å². The Morgan fingerprint density at radius 2 is 1.61 bits per heavy atom. The number of benzene rings is 2. The van der Waals surface area contributed by atoms with Gasteiger partial charge in [0.1, 0.15) is 0 Å². The Morgan fingerprint density at radius 1 is 1.00 bits per heavy atom. The highest BCUT2D eigenvalue weighted by atomic mass is 35.5. The average molecular weight is 421 g/mol. The predicted octanol–water partition coefficient (Wildman–Crippen LogP) is 4.90. The second-order valence-corrected chi connectivity index (χ2v) is 7.36. The number of hydrogen-bond acceptors (Lipinski definition) is 3. The van der Waals surface area contributed by atoms with E-state index in [0.29, 0.717) is 10.6 Å². The lowest BCUT2D eigenvalue weighted by molar-refractivity contribution is -0.120. The van der Waals surface area contributed by atoms with Crippen LogP contribution in [0.15, 0.2) is 54.6 Å². The topological polar surface area (TPSA) is 49.4 Å². The molecule has 1 amide bonds. The molecule has 1 aliphatic carbocycles. The van der Waals surface area contributed by atoms with Gasteiger partial charge < -0.3 is 10.2 Å². The third-order valence-corrected chi connectivity index (χ3v) is 5.39. The molecule has 0 heterocycles.